The first kappa shape index (κ1) is 18.5. The number of imide groups is 1. The molecule has 144 valence electrons. The molecular weight excluding hydrogens is 381 g/mol. The van der Waals surface area contributed by atoms with Gasteiger partial charge in [-0.3, -0.25) is 14.5 Å². The topological polar surface area (TPSA) is 78.5 Å². The zero-order valence-corrected chi connectivity index (χ0v) is 15.7. The summed E-state index contributed by atoms with van der Waals surface area (Å²) in [7, 11) is 0. The highest BCUT2D eigenvalue weighted by Gasteiger charge is 2.28. The number of nitrogens with zero attached hydrogens (tertiary/aromatic N) is 1. The molecule has 4 rings (SSSR count). The Balaban J connectivity index is 1.44. The van der Waals surface area contributed by atoms with Crippen LogP contribution in [-0.2, 0) is 11.3 Å². The maximum absolute atomic E-state index is 14.0. The van der Waals surface area contributed by atoms with Gasteiger partial charge in [-0.2, -0.15) is 0 Å². The van der Waals surface area contributed by atoms with Crippen LogP contribution < -0.4 is 10.6 Å². The van der Waals surface area contributed by atoms with Gasteiger partial charge in [-0.25, -0.2) is 9.18 Å². The van der Waals surface area contributed by atoms with E-state index in [-0.39, 0.29) is 36.8 Å². The van der Waals surface area contributed by atoms with E-state index >= 15 is 0 Å². The van der Waals surface area contributed by atoms with Crippen molar-refractivity contribution >= 4 is 29.6 Å². The Morgan fingerprint density at radius 1 is 1.21 bits per heavy atom. The number of amides is 4. The van der Waals surface area contributed by atoms with E-state index in [1.807, 2.05) is 6.07 Å². The number of urea groups is 1. The first-order valence-corrected chi connectivity index (χ1v) is 9.90. The van der Waals surface area contributed by atoms with E-state index in [1.165, 1.54) is 17.8 Å². The molecule has 2 aliphatic heterocycles. The summed E-state index contributed by atoms with van der Waals surface area (Å²) in [5, 5.41) is 5.45. The molecule has 0 aliphatic carbocycles. The highest BCUT2D eigenvalue weighted by Crippen LogP contribution is 2.37. The fraction of sp³-hybridized carbons (Fsp3) is 0.250. The second-order valence-corrected chi connectivity index (χ2v) is 7.76. The van der Waals surface area contributed by atoms with Crippen LogP contribution >= 0.6 is 11.8 Å². The average Bonchev–Trinajstić information content (AvgIpc) is 3.01. The van der Waals surface area contributed by atoms with Crippen molar-refractivity contribution < 1.29 is 18.8 Å². The molecule has 2 heterocycles. The summed E-state index contributed by atoms with van der Waals surface area (Å²) in [6, 6.07) is 11.1. The van der Waals surface area contributed by atoms with Gasteiger partial charge in [-0.05, 0) is 35.7 Å². The number of carbonyl (C=O) groups is 3. The molecule has 4 amide bonds. The Bertz CT molecular complexity index is 932. The van der Waals surface area contributed by atoms with Crippen LogP contribution in [0.1, 0.15) is 33.9 Å². The number of halogens is 1. The molecule has 6 nitrogen and oxygen atoms in total. The van der Waals surface area contributed by atoms with E-state index in [4.69, 9.17) is 0 Å². The lowest BCUT2D eigenvalue weighted by atomic mass is 10.0. The third-order valence-corrected chi connectivity index (χ3v) is 5.98. The number of thioether (sulfide) groups is 1. The Hall–Kier alpha value is -2.87. The number of nitrogens with one attached hydrogen (secondary N) is 2. The van der Waals surface area contributed by atoms with Crippen LogP contribution in [0.2, 0.25) is 0 Å². The molecule has 0 aromatic heterocycles. The van der Waals surface area contributed by atoms with Crippen LogP contribution in [0.25, 0.3) is 0 Å². The Morgan fingerprint density at radius 2 is 2.00 bits per heavy atom. The summed E-state index contributed by atoms with van der Waals surface area (Å²) >= 11 is 1.47. The maximum Gasteiger partial charge on any atom is 0.324 e. The molecule has 0 spiro atoms. The van der Waals surface area contributed by atoms with Crippen LogP contribution in [0.3, 0.4) is 0 Å². The standard InChI is InChI=1S/C20H18FN3O3S/c21-15-3-1-2-14-16(8-9-28-18(14)15)23-19(26)13-6-4-12(5-7-13)11-24-17(25)10-22-20(24)27/h1-7,16H,8-11H2,(H,22,27)(H,23,26)/t16-/m0/s1. The van der Waals surface area contributed by atoms with Crippen molar-refractivity contribution in [2.75, 3.05) is 12.3 Å². The number of fused-ring (bicyclic) bond motifs is 1. The van der Waals surface area contributed by atoms with E-state index < -0.39 is 6.03 Å². The average molecular weight is 399 g/mol. The fourth-order valence-corrected chi connectivity index (χ4v) is 4.48. The van der Waals surface area contributed by atoms with Crippen molar-refractivity contribution in [1.82, 2.24) is 15.5 Å². The first-order chi connectivity index (χ1) is 13.5. The van der Waals surface area contributed by atoms with E-state index in [0.717, 1.165) is 28.2 Å². The molecule has 2 aromatic rings. The van der Waals surface area contributed by atoms with Crippen LogP contribution in [0.5, 0.6) is 0 Å². The minimum Gasteiger partial charge on any atom is -0.345 e. The smallest absolute Gasteiger partial charge is 0.324 e. The van der Waals surface area contributed by atoms with Crippen LogP contribution in [-0.4, -0.2) is 35.0 Å². The van der Waals surface area contributed by atoms with Crippen LogP contribution in [0, 0.1) is 5.82 Å². The molecule has 2 N–H and O–H groups in total. The van der Waals surface area contributed by atoms with E-state index in [1.54, 1.807) is 30.3 Å². The SMILES string of the molecule is O=C(N[C@H]1CCSc2c(F)cccc21)c1ccc(CN2C(=O)CNC2=O)cc1. The fourth-order valence-electron chi connectivity index (χ4n) is 3.34. The van der Waals surface area contributed by atoms with Crippen molar-refractivity contribution in [3.63, 3.8) is 0 Å². The molecule has 2 aromatic carbocycles. The Kier molecular flexibility index (Phi) is 5.04. The summed E-state index contributed by atoms with van der Waals surface area (Å²) in [5.41, 5.74) is 2.03. The van der Waals surface area contributed by atoms with E-state index in [0.29, 0.717) is 10.5 Å². The van der Waals surface area contributed by atoms with Gasteiger partial charge in [0, 0.05) is 16.2 Å². The molecule has 0 bridgehead atoms. The predicted molar refractivity (Wildman–Crippen MR) is 102 cm³/mol. The molecule has 2 aliphatic rings. The van der Waals surface area contributed by atoms with Crippen molar-refractivity contribution in [2.24, 2.45) is 0 Å². The zero-order valence-electron chi connectivity index (χ0n) is 14.9. The first-order valence-electron chi connectivity index (χ1n) is 8.92. The van der Waals surface area contributed by atoms with Crippen molar-refractivity contribution in [3.05, 3.63) is 65.0 Å². The Labute approximate surface area is 165 Å². The lowest BCUT2D eigenvalue weighted by Gasteiger charge is -2.26. The summed E-state index contributed by atoms with van der Waals surface area (Å²) in [6.45, 7) is 0.181. The van der Waals surface area contributed by atoms with Gasteiger partial charge in [-0.1, -0.05) is 24.3 Å². The third-order valence-electron chi connectivity index (χ3n) is 4.82. The monoisotopic (exact) mass is 399 g/mol. The van der Waals surface area contributed by atoms with Gasteiger partial charge in [0.2, 0.25) is 5.91 Å². The quantitative estimate of drug-likeness (QED) is 0.775. The van der Waals surface area contributed by atoms with Gasteiger partial charge >= 0.3 is 6.03 Å². The van der Waals surface area contributed by atoms with Gasteiger partial charge in [0.1, 0.15) is 5.82 Å². The molecule has 1 saturated heterocycles. The van der Waals surface area contributed by atoms with Crippen LogP contribution in [0.15, 0.2) is 47.4 Å². The second kappa shape index (κ2) is 7.63. The molecule has 1 fully saturated rings. The highest BCUT2D eigenvalue weighted by atomic mass is 32.2. The van der Waals surface area contributed by atoms with Crippen molar-refractivity contribution in [2.45, 2.75) is 23.9 Å². The molecule has 8 heteroatoms. The van der Waals surface area contributed by atoms with Gasteiger partial charge in [-0.15, -0.1) is 11.8 Å². The number of carbonyl (C=O) groups excluding carboxylic acids is 3. The summed E-state index contributed by atoms with van der Waals surface area (Å²) < 4.78 is 14.0. The predicted octanol–water partition coefficient (Wildman–Crippen LogP) is 2.84. The molecule has 0 unspecified atom stereocenters. The van der Waals surface area contributed by atoms with Crippen molar-refractivity contribution in [3.8, 4) is 0 Å². The molecular formula is C20H18FN3O3S. The van der Waals surface area contributed by atoms with Crippen molar-refractivity contribution in [1.29, 1.82) is 0 Å². The molecule has 0 saturated carbocycles. The van der Waals surface area contributed by atoms with Gasteiger partial charge in [0.15, 0.2) is 0 Å². The largest absolute Gasteiger partial charge is 0.345 e. The molecule has 0 radical (unpaired) electrons. The molecule has 1 atom stereocenters. The van der Waals surface area contributed by atoms with Crippen LogP contribution in [0.4, 0.5) is 9.18 Å². The number of rotatable bonds is 4. The maximum atomic E-state index is 14.0. The minimum atomic E-state index is -0.409. The number of hydrogen-bond acceptors (Lipinski definition) is 4. The zero-order chi connectivity index (χ0) is 19.7. The lowest BCUT2D eigenvalue weighted by Crippen LogP contribution is -2.31. The Morgan fingerprint density at radius 3 is 2.71 bits per heavy atom. The number of hydrogen-bond donors (Lipinski definition) is 2. The summed E-state index contributed by atoms with van der Waals surface area (Å²) in [6.07, 6.45) is 0.733. The van der Waals surface area contributed by atoms with Gasteiger partial charge in [0.05, 0.1) is 19.1 Å². The number of benzene rings is 2. The van der Waals surface area contributed by atoms with E-state index in [2.05, 4.69) is 10.6 Å². The van der Waals surface area contributed by atoms with Gasteiger partial charge < -0.3 is 10.6 Å². The second-order valence-electron chi connectivity index (χ2n) is 6.66. The third kappa shape index (κ3) is 3.60. The lowest BCUT2D eigenvalue weighted by molar-refractivity contribution is -0.125. The minimum absolute atomic E-state index is 0.0149. The summed E-state index contributed by atoms with van der Waals surface area (Å²) in [4.78, 5) is 37.6. The normalized spacial score (nSPS) is 18.6. The summed E-state index contributed by atoms with van der Waals surface area (Å²) in [5.74, 6) is -0.0307. The highest BCUT2D eigenvalue weighted by molar-refractivity contribution is 7.99. The molecule has 28 heavy (non-hydrogen) atoms. The van der Waals surface area contributed by atoms with E-state index in [9.17, 15) is 18.8 Å². The van der Waals surface area contributed by atoms with Gasteiger partial charge in [0.25, 0.3) is 5.91 Å².